The third kappa shape index (κ3) is 2.97. The van der Waals surface area contributed by atoms with Crippen molar-refractivity contribution in [3.05, 3.63) is 81.1 Å². The highest BCUT2D eigenvalue weighted by molar-refractivity contribution is 5.95. The minimum Gasteiger partial charge on any atom is -0.492 e. The van der Waals surface area contributed by atoms with Crippen molar-refractivity contribution in [2.24, 2.45) is 14.1 Å². The molecule has 0 bridgehead atoms. The van der Waals surface area contributed by atoms with E-state index in [1.807, 2.05) is 73.1 Å². The van der Waals surface area contributed by atoms with Gasteiger partial charge in [-0.2, -0.15) is 0 Å². The fourth-order valence-corrected chi connectivity index (χ4v) is 3.66. The van der Waals surface area contributed by atoms with Gasteiger partial charge in [0.05, 0.1) is 28.9 Å². The van der Waals surface area contributed by atoms with Crippen molar-refractivity contribution in [3.8, 4) is 22.7 Å². The average molecular weight is 389 g/mol. The number of hydrogen-bond donors (Lipinski definition) is 0. The number of aryl methyl sites for hydroxylation is 2. The van der Waals surface area contributed by atoms with Gasteiger partial charge in [-0.3, -0.25) is 13.9 Å². The van der Waals surface area contributed by atoms with Crippen molar-refractivity contribution in [1.82, 2.24) is 13.7 Å². The Labute approximate surface area is 168 Å². The van der Waals surface area contributed by atoms with Crippen molar-refractivity contribution < 1.29 is 4.74 Å². The van der Waals surface area contributed by atoms with Gasteiger partial charge >= 0.3 is 5.69 Å². The fraction of sp³-hybridized carbons (Fsp3) is 0.217. The zero-order valence-electron chi connectivity index (χ0n) is 17.0. The van der Waals surface area contributed by atoms with Gasteiger partial charge in [-0.25, -0.2) is 4.79 Å². The number of benzene rings is 2. The molecule has 0 saturated heterocycles. The van der Waals surface area contributed by atoms with Crippen molar-refractivity contribution in [2.75, 3.05) is 6.61 Å². The molecule has 0 atom stereocenters. The largest absolute Gasteiger partial charge is 0.492 e. The van der Waals surface area contributed by atoms with E-state index in [0.29, 0.717) is 23.3 Å². The number of para-hydroxylation sites is 2. The maximum atomic E-state index is 13.1. The van der Waals surface area contributed by atoms with Gasteiger partial charge in [-0.1, -0.05) is 42.0 Å². The van der Waals surface area contributed by atoms with Gasteiger partial charge in [-0.15, -0.1) is 0 Å². The topological polar surface area (TPSA) is 58.2 Å². The zero-order valence-corrected chi connectivity index (χ0v) is 17.0. The summed E-state index contributed by atoms with van der Waals surface area (Å²) < 4.78 is 10.4. The van der Waals surface area contributed by atoms with Gasteiger partial charge in [0.15, 0.2) is 0 Å². The number of rotatable bonds is 4. The molecular formula is C23H23N3O3. The third-order valence-electron chi connectivity index (χ3n) is 5.19. The molecule has 0 unspecified atom stereocenters. The van der Waals surface area contributed by atoms with Crippen LogP contribution in [0.25, 0.3) is 27.8 Å². The van der Waals surface area contributed by atoms with E-state index in [1.54, 1.807) is 7.05 Å². The average Bonchev–Trinajstić information content (AvgIpc) is 3.12. The molecule has 0 aliphatic carbocycles. The Bertz CT molecular complexity index is 1320. The monoisotopic (exact) mass is 389 g/mol. The lowest BCUT2D eigenvalue weighted by Crippen LogP contribution is -2.36. The summed E-state index contributed by atoms with van der Waals surface area (Å²) in [5, 5.41) is 0.504. The standard InChI is InChI=1S/C23H23N3O3/c1-5-29-19-9-7-6-8-17(19)26-14-18-20(22(27)25(4)23(28)24(18)3)21(26)16-12-10-15(2)11-13-16/h6-14H,5H2,1-4H3. The summed E-state index contributed by atoms with van der Waals surface area (Å²) in [7, 11) is 3.19. The Kier molecular flexibility index (Phi) is 4.62. The number of aromatic nitrogens is 3. The minimum absolute atomic E-state index is 0.314. The lowest BCUT2D eigenvalue weighted by atomic mass is 10.1. The van der Waals surface area contributed by atoms with Crippen LogP contribution in [-0.4, -0.2) is 20.3 Å². The predicted molar refractivity (Wildman–Crippen MR) is 115 cm³/mol. The SMILES string of the molecule is CCOc1ccccc1-n1cc2c(c1-c1ccc(C)cc1)c(=O)n(C)c(=O)n2C. The van der Waals surface area contributed by atoms with E-state index in [1.165, 1.54) is 11.6 Å². The van der Waals surface area contributed by atoms with Crippen LogP contribution in [0.1, 0.15) is 12.5 Å². The Morgan fingerprint density at radius 3 is 2.31 bits per heavy atom. The van der Waals surface area contributed by atoms with Crippen LogP contribution in [0.3, 0.4) is 0 Å². The quantitative estimate of drug-likeness (QED) is 0.538. The first-order chi connectivity index (χ1) is 13.9. The Balaban J connectivity index is 2.18. The van der Waals surface area contributed by atoms with Crippen LogP contribution >= 0.6 is 0 Å². The molecule has 0 aliphatic heterocycles. The van der Waals surface area contributed by atoms with Crippen LogP contribution in [0.5, 0.6) is 5.75 Å². The second kappa shape index (κ2) is 7.13. The molecule has 0 N–H and O–H groups in total. The molecule has 0 amide bonds. The van der Waals surface area contributed by atoms with Gasteiger partial charge in [0, 0.05) is 20.3 Å². The molecular weight excluding hydrogens is 366 g/mol. The van der Waals surface area contributed by atoms with Gasteiger partial charge in [-0.05, 0) is 31.5 Å². The van der Waals surface area contributed by atoms with Gasteiger partial charge in [0.25, 0.3) is 5.56 Å². The lowest BCUT2D eigenvalue weighted by molar-refractivity contribution is 0.339. The van der Waals surface area contributed by atoms with Crippen molar-refractivity contribution in [2.45, 2.75) is 13.8 Å². The van der Waals surface area contributed by atoms with Crippen LogP contribution in [-0.2, 0) is 14.1 Å². The molecule has 0 fully saturated rings. The predicted octanol–water partition coefficient (Wildman–Crippen LogP) is 3.40. The fourth-order valence-electron chi connectivity index (χ4n) is 3.66. The van der Waals surface area contributed by atoms with Crippen LogP contribution in [0, 0.1) is 6.92 Å². The Hall–Kier alpha value is -3.54. The summed E-state index contributed by atoms with van der Waals surface area (Å²) in [5.41, 5.74) is 3.50. The highest BCUT2D eigenvalue weighted by atomic mass is 16.5. The summed E-state index contributed by atoms with van der Waals surface area (Å²) in [4.78, 5) is 25.6. The summed E-state index contributed by atoms with van der Waals surface area (Å²) in [6.45, 7) is 4.48. The number of ether oxygens (including phenoxy) is 1. The van der Waals surface area contributed by atoms with Crippen molar-refractivity contribution in [1.29, 1.82) is 0 Å². The molecule has 0 spiro atoms. The first kappa shape index (κ1) is 18.8. The summed E-state index contributed by atoms with van der Waals surface area (Å²) in [5.74, 6) is 0.713. The summed E-state index contributed by atoms with van der Waals surface area (Å²) in [6, 6.07) is 15.7. The van der Waals surface area contributed by atoms with E-state index in [9.17, 15) is 9.59 Å². The van der Waals surface area contributed by atoms with Crippen LogP contribution < -0.4 is 16.0 Å². The Morgan fingerprint density at radius 2 is 1.62 bits per heavy atom. The zero-order chi connectivity index (χ0) is 20.7. The van der Waals surface area contributed by atoms with E-state index in [-0.39, 0.29) is 11.2 Å². The van der Waals surface area contributed by atoms with Gasteiger partial charge in [0.1, 0.15) is 5.75 Å². The van der Waals surface area contributed by atoms with Crippen LogP contribution in [0.2, 0.25) is 0 Å². The van der Waals surface area contributed by atoms with E-state index in [0.717, 1.165) is 27.1 Å². The van der Waals surface area contributed by atoms with Crippen molar-refractivity contribution in [3.63, 3.8) is 0 Å². The molecule has 0 radical (unpaired) electrons. The van der Waals surface area contributed by atoms with Crippen LogP contribution in [0.4, 0.5) is 0 Å². The third-order valence-corrected chi connectivity index (χ3v) is 5.19. The highest BCUT2D eigenvalue weighted by Crippen LogP contribution is 2.34. The molecule has 29 heavy (non-hydrogen) atoms. The van der Waals surface area contributed by atoms with E-state index < -0.39 is 0 Å². The first-order valence-corrected chi connectivity index (χ1v) is 9.54. The normalized spacial score (nSPS) is 11.2. The molecule has 2 aromatic carbocycles. The van der Waals surface area contributed by atoms with Crippen molar-refractivity contribution >= 4 is 10.9 Å². The molecule has 6 heteroatoms. The van der Waals surface area contributed by atoms with Crippen LogP contribution in [0.15, 0.2) is 64.3 Å². The Morgan fingerprint density at radius 1 is 0.931 bits per heavy atom. The molecule has 4 rings (SSSR count). The van der Waals surface area contributed by atoms with E-state index in [2.05, 4.69) is 0 Å². The minimum atomic E-state index is -0.354. The second-order valence-corrected chi connectivity index (χ2v) is 7.08. The summed E-state index contributed by atoms with van der Waals surface area (Å²) >= 11 is 0. The first-order valence-electron chi connectivity index (χ1n) is 9.54. The number of nitrogens with zero attached hydrogens (tertiary/aromatic N) is 3. The van der Waals surface area contributed by atoms with E-state index in [4.69, 9.17) is 4.74 Å². The van der Waals surface area contributed by atoms with Gasteiger partial charge in [0.2, 0.25) is 0 Å². The smallest absolute Gasteiger partial charge is 0.330 e. The summed E-state index contributed by atoms with van der Waals surface area (Å²) in [6.07, 6.45) is 1.84. The molecule has 4 aromatic rings. The molecule has 6 nitrogen and oxygen atoms in total. The second-order valence-electron chi connectivity index (χ2n) is 7.08. The molecule has 2 aromatic heterocycles. The highest BCUT2D eigenvalue weighted by Gasteiger charge is 2.21. The molecule has 0 saturated carbocycles. The maximum Gasteiger partial charge on any atom is 0.330 e. The molecule has 2 heterocycles. The van der Waals surface area contributed by atoms with E-state index >= 15 is 0 Å². The lowest BCUT2D eigenvalue weighted by Gasteiger charge is -2.14. The maximum absolute atomic E-state index is 13.1. The number of hydrogen-bond acceptors (Lipinski definition) is 3. The van der Waals surface area contributed by atoms with Gasteiger partial charge < -0.3 is 9.30 Å². The molecule has 148 valence electrons. The number of fused-ring (bicyclic) bond motifs is 1. The molecule has 0 aliphatic rings.